The van der Waals surface area contributed by atoms with Gasteiger partial charge < -0.3 is 14.6 Å². The minimum atomic E-state index is -0.768. The average Bonchev–Trinajstić information content (AvgIpc) is 2.43. The van der Waals surface area contributed by atoms with Crippen molar-refractivity contribution in [1.29, 1.82) is 0 Å². The van der Waals surface area contributed by atoms with Crippen LogP contribution in [0.1, 0.15) is 44.6 Å². The van der Waals surface area contributed by atoms with Crippen LogP contribution < -0.4 is 4.74 Å². The molecule has 116 valence electrons. The average molecular weight is 292 g/mol. The second-order valence-electron chi connectivity index (χ2n) is 6.31. The summed E-state index contributed by atoms with van der Waals surface area (Å²) in [7, 11) is 1.63. The molecule has 1 heterocycles. The molecule has 0 amide bonds. The summed E-state index contributed by atoms with van der Waals surface area (Å²) in [5.74, 6) is 0.256. The number of rotatable bonds is 5. The van der Waals surface area contributed by atoms with E-state index in [1.807, 2.05) is 24.3 Å². The molecular formula is C17H24O4. The zero-order valence-corrected chi connectivity index (χ0v) is 13.0. The Bertz CT molecular complexity index is 495. The van der Waals surface area contributed by atoms with Crippen molar-refractivity contribution >= 4 is 5.97 Å². The Kier molecular flexibility index (Phi) is 4.88. The molecule has 4 heteroatoms. The summed E-state index contributed by atoms with van der Waals surface area (Å²) in [5.41, 5.74) is 0.798. The van der Waals surface area contributed by atoms with Crippen LogP contribution in [0.2, 0.25) is 0 Å². The summed E-state index contributed by atoms with van der Waals surface area (Å²) in [6.45, 7) is 4.82. The number of hydrogen-bond acceptors (Lipinski definition) is 3. The van der Waals surface area contributed by atoms with E-state index in [1.165, 1.54) is 0 Å². The van der Waals surface area contributed by atoms with Gasteiger partial charge in [0.05, 0.1) is 19.1 Å². The smallest absolute Gasteiger partial charge is 0.303 e. The molecule has 0 bridgehead atoms. The number of carboxylic acids is 1. The van der Waals surface area contributed by atoms with Crippen LogP contribution >= 0.6 is 0 Å². The van der Waals surface area contributed by atoms with Gasteiger partial charge in [-0.15, -0.1) is 0 Å². The Labute approximate surface area is 126 Å². The molecule has 0 aliphatic carbocycles. The number of hydrogen-bond donors (Lipinski definition) is 1. The van der Waals surface area contributed by atoms with Gasteiger partial charge >= 0.3 is 5.97 Å². The van der Waals surface area contributed by atoms with Gasteiger partial charge in [0.2, 0.25) is 0 Å². The maximum atomic E-state index is 11.3. The molecular weight excluding hydrogens is 268 g/mol. The molecule has 0 radical (unpaired) electrons. The molecule has 4 nitrogen and oxygen atoms in total. The number of aliphatic carboxylic acids is 1. The number of benzene rings is 1. The molecule has 0 aromatic heterocycles. The fourth-order valence-corrected chi connectivity index (χ4v) is 3.31. The second-order valence-corrected chi connectivity index (χ2v) is 6.31. The van der Waals surface area contributed by atoms with Crippen molar-refractivity contribution in [3.8, 4) is 5.75 Å². The van der Waals surface area contributed by atoms with Crippen LogP contribution in [0.25, 0.3) is 0 Å². The van der Waals surface area contributed by atoms with Crippen LogP contribution in [-0.2, 0) is 9.53 Å². The highest BCUT2D eigenvalue weighted by molar-refractivity contribution is 5.68. The monoisotopic (exact) mass is 292 g/mol. The van der Waals surface area contributed by atoms with Crippen molar-refractivity contribution in [2.24, 2.45) is 5.92 Å². The first-order chi connectivity index (χ1) is 9.93. The highest BCUT2D eigenvalue weighted by atomic mass is 16.5. The van der Waals surface area contributed by atoms with Crippen molar-refractivity contribution in [2.75, 3.05) is 13.7 Å². The van der Waals surface area contributed by atoms with Gasteiger partial charge in [-0.1, -0.05) is 18.2 Å². The first kappa shape index (κ1) is 15.8. The van der Waals surface area contributed by atoms with Gasteiger partial charge in [0.25, 0.3) is 0 Å². The Morgan fingerprint density at radius 1 is 1.48 bits per heavy atom. The quantitative estimate of drug-likeness (QED) is 0.903. The van der Waals surface area contributed by atoms with Crippen LogP contribution in [0.3, 0.4) is 0 Å². The standard InChI is InChI=1S/C17H24O4/c1-17(2)11-12(8-9-21-17)14(10-16(18)19)13-6-4-5-7-15(13)20-3/h4-7,12,14H,8-11H2,1-3H3,(H,18,19)/t12-,14-/m1/s1. The van der Waals surface area contributed by atoms with Crippen LogP contribution in [0.4, 0.5) is 0 Å². The van der Waals surface area contributed by atoms with Crippen molar-refractivity contribution in [2.45, 2.75) is 44.6 Å². The molecule has 21 heavy (non-hydrogen) atoms. The van der Waals surface area contributed by atoms with Crippen molar-refractivity contribution in [3.63, 3.8) is 0 Å². The van der Waals surface area contributed by atoms with E-state index in [0.717, 1.165) is 24.2 Å². The first-order valence-electron chi connectivity index (χ1n) is 7.41. The third-order valence-electron chi connectivity index (χ3n) is 4.24. The van der Waals surface area contributed by atoms with E-state index < -0.39 is 5.97 Å². The number of carbonyl (C=O) groups is 1. The second kappa shape index (κ2) is 6.48. The highest BCUT2D eigenvalue weighted by Gasteiger charge is 2.36. The molecule has 1 saturated heterocycles. The molecule has 1 N–H and O–H groups in total. The summed E-state index contributed by atoms with van der Waals surface area (Å²) >= 11 is 0. The van der Waals surface area contributed by atoms with Crippen molar-refractivity contribution in [3.05, 3.63) is 29.8 Å². The van der Waals surface area contributed by atoms with E-state index in [9.17, 15) is 9.90 Å². The van der Waals surface area contributed by atoms with Crippen LogP contribution in [0, 0.1) is 5.92 Å². The third-order valence-corrected chi connectivity index (χ3v) is 4.24. The zero-order valence-electron chi connectivity index (χ0n) is 13.0. The summed E-state index contributed by atoms with van der Waals surface area (Å²) in [6, 6.07) is 7.73. The van der Waals surface area contributed by atoms with Gasteiger partial charge in [-0.2, -0.15) is 0 Å². The lowest BCUT2D eigenvalue weighted by Crippen LogP contribution is -2.36. The van der Waals surface area contributed by atoms with E-state index >= 15 is 0 Å². The molecule has 1 aliphatic rings. The Balaban J connectivity index is 2.31. The van der Waals surface area contributed by atoms with E-state index in [1.54, 1.807) is 7.11 Å². The Morgan fingerprint density at radius 2 is 2.19 bits per heavy atom. The summed E-state index contributed by atoms with van der Waals surface area (Å²) in [4.78, 5) is 11.3. The molecule has 0 unspecified atom stereocenters. The molecule has 0 spiro atoms. The SMILES string of the molecule is COc1ccccc1[C@H](CC(=O)O)[C@@H]1CCOC(C)(C)C1. The zero-order chi connectivity index (χ0) is 15.5. The predicted molar refractivity (Wildman–Crippen MR) is 80.7 cm³/mol. The Hall–Kier alpha value is -1.55. The predicted octanol–water partition coefficient (Wildman–Crippen LogP) is 3.46. The summed E-state index contributed by atoms with van der Waals surface area (Å²) in [5, 5.41) is 9.30. The highest BCUT2D eigenvalue weighted by Crippen LogP contribution is 2.42. The molecule has 1 aromatic rings. The maximum absolute atomic E-state index is 11.3. The lowest BCUT2D eigenvalue weighted by atomic mass is 9.75. The molecule has 1 aromatic carbocycles. The van der Waals surface area contributed by atoms with Crippen LogP contribution in [0.15, 0.2) is 24.3 Å². The minimum Gasteiger partial charge on any atom is -0.496 e. The summed E-state index contributed by atoms with van der Waals surface area (Å²) < 4.78 is 11.2. The molecule has 2 rings (SSSR count). The lowest BCUT2D eigenvalue weighted by Gasteiger charge is -2.39. The summed E-state index contributed by atoms with van der Waals surface area (Å²) in [6.07, 6.45) is 1.88. The number of ether oxygens (including phenoxy) is 2. The van der Waals surface area contributed by atoms with E-state index in [4.69, 9.17) is 9.47 Å². The molecule has 0 saturated carbocycles. The lowest BCUT2D eigenvalue weighted by molar-refractivity contribution is -0.138. The molecule has 1 fully saturated rings. The van der Waals surface area contributed by atoms with Crippen molar-refractivity contribution in [1.82, 2.24) is 0 Å². The van der Waals surface area contributed by atoms with Gasteiger partial charge in [0.1, 0.15) is 5.75 Å². The Morgan fingerprint density at radius 3 is 2.81 bits per heavy atom. The molecule has 2 atom stereocenters. The van der Waals surface area contributed by atoms with Gasteiger partial charge in [-0.25, -0.2) is 0 Å². The van der Waals surface area contributed by atoms with E-state index in [2.05, 4.69) is 13.8 Å². The fourth-order valence-electron chi connectivity index (χ4n) is 3.31. The number of carboxylic acid groups (broad SMARTS) is 1. The number of methoxy groups -OCH3 is 1. The van der Waals surface area contributed by atoms with Crippen molar-refractivity contribution < 1.29 is 19.4 Å². The van der Waals surface area contributed by atoms with E-state index in [-0.39, 0.29) is 17.9 Å². The maximum Gasteiger partial charge on any atom is 0.303 e. The van der Waals surface area contributed by atoms with Gasteiger partial charge in [-0.3, -0.25) is 4.79 Å². The molecule has 1 aliphatic heterocycles. The topological polar surface area (TPSA) is 55.8 Å². The van der Waals surface area contributed by atoms with Gasteiger partial charge in [0, 0.05) is 12.5 Å². The minimum absolute atomic E-state index is 0.0400. The van der Waals surface area contributed by atoms with Gasteiger partial charge in [-0.05, 0) is 44.2 Å². The fraction of sp³-hybridized carbons (Fsp3) is 0.588. The first-order valence-corrected chi connectivity index (χ1v) is 7.41. The third kappa shape index (κ3) is 3.97. The largest absolute Gasteiger partial charge is 0.496 e. The number of para-hydroxylation sites is 1. The normalized spacial score (nSPS) is 22.5. The van der Waals surface area contributed by atoms with Gasteiger partial charge in [0.15, 0.2) is 0 Å². The van der Waals surface area contributed by atoms with Crippen LogP contribution in [-0.4, -0.2) is 30.4 Å². The van der Waals surface area contributed by atoms with Crippen LogP contribution in [0.5, 0.6) is 5.75 Å². The van der Waals surface area contributed by atoms with E-state index in [0.29, 0.717) is 12.5 Å².